The molecule has 0 aromatic heterocycles. The van der Waals surface area contributed by atoms with Crippen LogP contribution in [-0.2, 0) is 56.3 Å². The van der Waals surface area contributed by atoms with Crippen LogP contribution in [0.1, 0.15) is 107 Å². The third-order valence-electron chi connectivity index (χ3n) is 18.9. The molecule has 6 aromatic carbocycles. The number of methoxy groups -OCH3 is 3. The molecule has 16 nitrogen and oxygen atoms in total. The number of fused-ring (bicyclic) bond motifs is 2. The Morgan fingerprint density at radius 2 is 0.967 bits per heavy atom. The van der Waals surface area contributed by atoms with Crippen LogP contribution in [-0.4, -0.2) is 165 Å². The van der Waals surface area contributed by atoms with Crippen LogP contribution in [0.2, 0.25) is 10.1 Å². The zero-order chi connectivity index (χ0) is 65.2. The van der Waals surface area contributed by atoms with Gasteiger partial charge in [0.25, 0.3) is 16.6 Å². The summed E-state index contributed by atoms with van der Waals surface area (Å²) in [6, 6.07) is 58.9. The normalized spacial score (nSPS) is 25.7. The lowest BCUT2D eigenvalue weighted by Crippen LogP contribution is -2.73. The van der Waals surface area contributed by atoms with Crippen LogP contribution in [0.5, 0.6) is 0 Å². The second-order valence-corrected chi connectivity index (χ2v) is 35.4. The van der Waals surface area contributed by atoms with Crippen molar-refractivity contribution in [3.05, 3.63) is 193 Å². The SMILES string of the molecule is COC(C[C@@H]1O[C@H](C[C@H](COC(=O)c2ccccc2)OC(=O)c2ccccc2)[C@H](OC)[C@H]1CC(=O)C[C@H]1CC[C@@H]2O[C@@H]3[C@@H](O[C@H](C[C@@H](O)CO)[C@@H]3O[Si](c3ccccc3)(c3ccccc3)C(C)(C)C)[C@@H](O[Si](c3ccccc3)(c3ccccc3)C(C)(C)C)[C@H]2O1)OC. The third-order valence-corrected chi connectivity index (χ3v) is 29.0. The van der Waals surface area contributed by atoms with Gasteiger partial charge in [0.15, 0.2) is 6.29 Å². The van der Waals surface area contributed by atoms with Crippen molar-refractivity contribution in [2.75, 3.05) is 34.5 Å². The molecule has 0 bridgehead atoms. The maximum Gasteiger partial charge on any atom is 0.338 e. The number of Topliss-reactive ketones (excluding diaryl/α,β-unsaturated/α-hetero) is 1. The van der Waals surface area contributed by atoms with E-state index in [1.807, 2.05) is 24.3 Å². The first-order valence-electron chi connectivity index (χ1n) is 32.4. The molecule has 14 atom stereocenters. The highest BCUT2D eigenvalue weighted by Gasteiger charge is 2.65. The summed E-state index contributed by atoms with van der Waals surface area (Å²) in [5, 5.41) is 25.4. The Balaban J connectivity index is 0.981. The Bertz CT molecular complexity index is 3200. The van der Waals surface area contributed by atoms with Crippen molar-refractivity contribution >= 4 is 55.1 Å². The molecule has 0 spiro atoms. The van der Waals surface area contributed by atoms with E-state index < -0.39 is 137 Å². The van der Waals surface area contributed by atoms with E-state index in [9.17, 15) is 19.8 Å². The third kappa shape index (κ3) is 15.0. The van der Waals surface area contributed by atoms with E-state index in [4.69, 9.17) is 51.5 Å². The summed E-state index contributed by atoms with van der Waals surface area (Å²) in [6.07, 6.45) is -9.05. The van der Waals surface area contributed by atoms with Gasteiger partial charge < -0.3 is 61.7 Å². The molecule has 0 radical (unpaired) electrons. The van der Waals surface area contributed by atoms with Crippen molar-refractivity contribution in [2.45, 2.75) is 182 Å². The summed E-state index contributed by atoms with van der Waals surface area (Å²) < 4.78 is 75.1. The predicted octanol–water partition coefficient (Wildman–Crippen LogP) is 8.93. The first-order valence-corrected chi connectivity index (χ1v) is 36.2. The van der Waals surface area contributed by atoms with Gasteiger partial charge in [0, 0.05) is 59.4 Å². The van der Waals surface area contributed by atoms with Crippen LogP contribution >= 0.6 is 0 Å². The van der Waals surface area contributed by atoms with Gasteiger partial charge >= 0.3 is 11.9 Å². The lowest BCUT2D eigenvalue weighted by Gasteiger charge is -2.53. The lowest BCUT2D eigenvalue weighted by molar-refractivity contribution is -0.254. The average Bonchev–Trinajstić information content (AvgIpc) is 1.23. The predicted molar refractivity (Wildman–Crippen MR) is 355 cm³/mol. The molecule has 0 saturated carbocycles. The van der Waals surface area contributed by atoms with E-state index in [2.05, 4.69) is 139 Å². The molecule has 6 aromatic rings. The van der Waals surface area contributed by atoms with Crippen molar-refractivity contribution in [1.29, 1.82) is 0 Å². The highest BCUT2D eigenvalue weighted by molar-refractivity contribution is 7.00. The molecule has 4 heterocycles. The Labute approximate surface area is 544 Å². The van der Waals surface area contributed by atoms with Gasteiger partial charge in [-0.05, 0) is 67.9 Å². The molecule has 2 N–H and O–H groups in total. The molecule has 0 unspecified atom stereocenters. The molecular formula is C74H92O16Si2. The number of hydrogen-bond donors (Lipinski definition) is 2. The Morgan fingerprint density at radius 1 is 0.511 bits per heavy atom. The average molecular weight is 1290 g/mol. The van der Waals surface area contributed by atoms with Gasteiger partial charge in [-0.15, -0.1) is 0 Å². The fraction of sp³-hybridized carbons (Fsp3) is 0.473. The monoisotopic (exact) mass is 1290 g/mol. The molecular weight excluding hydrogens is 1200 g/mol. The van der Waals surface area contributed by atoms with Gasteiger partial charge in [-0.1, -0.05) is 199 Å². The molecule has 4 aliphatic heterocycles. The van der Waals surface area contributed by atoms with Crippen molar-refractivity contribution in [1.82, 2.24) is 0 Å². The van der Waals surface area contributed by atoms with Gasteiger partial charge in [-0.2, -0.15) is 0 Å². The van der Waals surface area contributed by atoms with Gasteiger partial charge in [0.1, 0.15) is 49.0 Å². The fourth-order valence-electron chi connectivity index (χ4n) is 14.6. The van der Waals surface area contributed by atoms with Crippen LogP contribution < -0.4 is 20.7 Å². The zero-order valence-electron chi connectivity index (χ0n) is 54.5. The van der Waals surface area contributed by atoms with E-state index in [1.54, 1.807) is 82.0 Å². The molecule has 18 heteroatoms. The van der Waals surface area contributed by atoms with Crippen molar-refractivity contribution in [3.63, 3.8) is 0 Å². The summed E-state index contributed by atoms with van der Waals surface area (Å²) in [7, 11) is -2.11. The minimum absolute atomic E-state index is 0.0354. The van der Waals surface area contributed by atoms with E-state index in [0.29, 0.717) is 24.0 Å². The number of aliphatic hydroxyl groups excluding tert-OH is 2. The van der Waals surface area contributed by atoms with Crippen LogP contribution in [0.25, 0.3) is 0 Å². The molecule has 10 rings (SSSR count). The Hall–Kier alpha value is -6.08. The number of hydrogen-bond acceptors (Lipinski definition) is 16. The minimum Gasteiger partial charge on any atom is -0.458 e. The first-order chi connectivity index (χ1) is 44.3. The number of benzene rings is 6. The number of esters is 2. The van der Waals surface area contributed by atoms with Crippen molar-refractivity contribution < 1.29 is 76.1 Å². The summed E-state index contributed by atoms with van der Waals surface area (Å²) in [5.41, 5.74) is 0.670. The largest absolute Gasteiger partial charge is 0.458 e. The van der Waals surface area contributed by atoms with Crippen LogP contribution in [0.3, 0.4) is 0 Å². The highest BCUT2D eigenvalue weighted by Crippen LogP contribution is 2.49. The standard InChI is InChI=1S/C74H92O16Si2/c1-73(2,3)91(55-32-20-12-21-33-55,56-34-22-13-23-35-56)89-67-62(44-52(77)47-75)88-69-68(67)87-60-41-40-53(84-66(60)70(69)90-92(74(4,5)6,57-36-24-14-25-37-57)58-38-26-15-27-39-58)42-51(76)43-59-61(46-64(80-7)81-8)86-63(65(59)82-9)45-54(85-72(79)50-30-18-11-19-31-50)48-83-71(78)49-28-16-10-17-29-49/h10-39,52-54,59-70,75,77H,40-48H2,1-9H3/t52-,53-,54-,59+,60+,61+,62-,63-,65-,66+,67+,68+,69-,70+/m1/s1. The van der Waals surface area contributed by atoms with Gasteiger partial charge in [0.2, 0.25) is 0 Å². The maximum absolute atomic E-state index is 15.1. The topological polar surface area (TPSA) is 193 Å². The number of ether oxygens (including phenoxy) is 9. The molecule has 0 amide bonds. The van der Waals surface area contributed by atoms with Crippen LogP contribution in [0.15, 0.2) is 182 Å². The Morgan fingerprint density at radius 3 is 1.43 bits per heavy atom. The molecule has 4 fully saturated rings. The van der Waals surface area contributed by atoms with E-state index in [0.717, 1.165) is 20.7 Å². The summed E-state index contributed by atoms with van der Waals surface area (Å²) in [6.45, 7) is 12.6. The van der Waals surface area contributed by atoms with Gasteiger partial charge in [-0.3, -0.25) is 4.79 Å². The minimum atomic E-state index is -3.43. The summed E-state index contributed by atoms with van der Waals surface area (Å²) in [4.78, 5) is 42.1. The first kappa shape index (κ1) is 68.8. The lowest BCUT2D eigenvalue weighted by atomic mass is 9.85. The van der Waals surface area contributed by atoms with E-state index >= 15 is 4.79 Å². The van der Waals surface area contributed by atoms with Gasteiger partial charge in [-0.25, -0.2) is 9.59 Å². The molecule has 492 valence electrons. The zero-order valence-corrected chi connectivity index (χ0v) is 56.5. The molecule has 4 saturated heterocycles. The number of ketones is 1. The van der Waals surface area contributed by atoms with Crippen LogP contribution in [0.4, 0.5) is 0 Å². The number of aliphatic hydroxyl groups is 2. The smallest absolute Gasteiger partial charge is 0.338 e. The highest BCUT2D eigenvalue weighted by atomic mass is 28.4. The van der Waals surface area contributed by atoms with Crippen LogP contribution in [0, 0.1) is 5.92 Å². The van der Waals surface area contributed by atoms with Crippen molar-refractivity contribution in [2.24, 2.45) is 5.92 Å². The summed E-state index contributed by atoms with van der Waals surface area (Å²) in [5.74, 6) is -1.78. The van der Waals surface area contributed by atoms with Crippen molar-refractivity contribution in [3.8, 4) is 0 Å². The molecule has 92 heavy (non-hydrogen) atoms. The van der Waals surface area contributed by atoms with E-state index in [-0.39, 0.29) is 44.5 Å². The maximum atomic E-state index is 15.1. The quantitative estimate of drug-likeness (QED) is 0.0282. The molecule has 4 aliphatic rings. The molecule has 0 aliphatic carbocycles. The number of rotatable bonds is 27. The van der Waals surface area contributed by atoms with Gasteiger partial charge in [0.05, 0.1) is 60.5 Å². The number of carbonyl (C=O) groups excluding carboxylic acids is 3. The second kappa shape index (κ2) is 30.6. The second-order valence-electron chi connectivity index (χ2n) is 26.9. The fourth-order valence-corrected chi connectivity index (χ4v) is 24.0. The van der Waals surface area contributed by atoms with E-state index in [1.165, 1.54) is 0 Å². The number of carbonyl (C=O) groups is 3. The Kier molecular flexibility index (Phi) is 22.8. The summed E-state index contributed by atoms with van der Waals surface area (Å²) >= 11 is 0.